The molecule has 0 radical (unpaired) electrons. The molecule has 1 aliphatic heterocycles. The number of carboxylic acid groups (broad SMARTS) is 1. The second-order valence-electron chi connectivity index (χ2n) is 5.11. The molecule has 0 aromatic heterocycles. The monoisotopic (exact) mass is 369 g/mol. The molecule has 0 saturated heterocycles. The fraction of sp³-hybridized carbons (Fsp3) is 0.308. The molecule has 0 saturated carbocycles. The second-order valence-corrected chi connectivity index (χ2v) is 5.50. The number of non-ortho nitro benzene ring substituents is 1. The van der Waals surface area contributed by atoms with Crippen molar-refractivity contribution in [2.45, 2.75) is 23.8 Å². The molecule has 0 fully saturated rings. The standard InChI is InChI=1S/C13H12ClN5O6/c14-12-15-6-13(7-16-12,19(24)25)17-10(11(20)21)5-8-1-3-9(4-2-8)18(22)23/h1-4,6-7,10,12,17H,5H2,(H,20,21). The van der Waals surface area contributed by atoms with Gasteiger partial charge in [0, 0.05) is 12.1 Å². The smallest absolute Gasteiger partial charge is 0.346 e. The Kier molecular flexibility index (Phi) is 5.39. The van der Waals surface area contributed by atoms with E-state index in [0.29, 0.717) is 5.56 Å². The lowest BCUT2D eigenvalue weighted by Gasteiger charge is -2.25. The number of carbonyl (C=O) groups is 1. The first-order chi connectivity index (χ1) is 11.7. The van der Waals surface area contributed by atoms with Crippen molar-refractivity contribution < 1.29 is 19.7 Å². The summed E-state index contributed by atoms with van der Waals surface area (Å²) in [6, 6.07) is 3.84. The van der Waals surface area contributed by atoms with E-state index in [0.717, 1.165) is 12.4 Å². The molecular weight excluding hydrogens is 358 g/mol. The predicted octanol–water partition coefficient (Wildman–Crippen LogP) is 0.831. The van der Waals surface area contributed by atoms with Gasteiger partial charge in [-0.3, -0.25) is 25.0 Å². The summed E-state index contributed by atoms with van der Waals surface area (Å²) >= 11 is 5.60. The lowest BCUT2D eigenvalue weighted by Crippen LogP contribution is -2.61. The van der Waals surface area contributed by atoms with Crippen LogP contribution < -0.4 is 5.32 Å². The molecule has 1 aromatic carbocycles. The van der Waals surface area contributed by atoms with Crippen molar-refractivity contribution in [3.63, 3.8) is 0 Å². The molecular formula is C13H12ClN5O6. The maximum Gasteiger partial charge on any atom is 0.346 e. The summed E-state index contributed by atoms with van der Waals surface area (Å²) in [6.45, 7) is 0. The number of nitrogens with one attached hydrogen (secondary N) is 1. The Labute approximate surface area is 145 Å². The van der Waals surface area contributed by atoms with Gasteiger partial charge in [0.2, 0.25) is 5.62 Å². The van der Waals surface area contributed by atoms with Crippen LogP contribution in [0.15, 0.2) is 34.3 Å². The van der Waals surface area contributed by atoms with Gasteiger partial charge in [0.15, 0.2) is 0 Å². The Morgan fingerprint density at radius 3 is 2.28 bits per heavy atom. The highest BCUT2D eigenvalue weighted by Gasteiger charge is 2.45. The highest BCUT2D eigenvalue weighted by Crippen LogP contribution is 2.16. The van der Waals surface area contributed by atoms with E-state index in [1.54, 1.807) is 0 Å². The first-order valence-corrected chi connectivity index (χ1v) is 7.28. The van der Waals surface area contributed by atoms with Crippen molar-refractivity contribution in [2.75, 3.05) is 0 Å². The summed E-state index contributed by atoms with van der Waals surface area (Å²) in [7, 11) is 0. The first-order valence-electron chi connectivity index (χ1n) is 6.84. The average molecular weight is 370 g/mol. The molecule has 1 aromatic rings. The van der Waals surface area contributed by atoms with Gasteiger partial charge in [0.05, 0.1) is 9.85 Å². The zero-order chi connectivity index (χ0) is 18.6. The third kappa shape index (κ3) is 4.33. The van der Waals surface area contributed by atoms with E-state index in [1.807, 2.05) is 0 Å². The Balaban J connectivity index is 2.21. The van der Waals surface area contributed by atoms with Crippen LogP contribution in [0.3, 0.4) is 0 Å². The van der Waals surface area contributed by atoms with Gasteiger partial charge in [-0.15, -0.1) is 0 Å². The molecule has 2 rings (SSSR count). The number of halogens is 1. The summed E-state index contributed by atoms with van der Waals surface area (Å²) < 4.78 is 0. The Hall–Kier alpha value is -2.92. The van der Waals surface area contributed by atoms with Crippen molar-refractivity contribution in [2.24, 2.45) is 9.98 Å². The SMILES string of the molecule is O=C(O)C(Cc1ccc([N+](=O)[O-])cc1)NC1([N+](=O)[O-])C=NC(Cl)N=C1. The van der Waals surface area contributed by atoms with Crippen LogP contribution in [0.4, 0.5) is 5.69 Å². The molecule has 1 atom stereocenters. The number of nitro benzene ring substituents is 1. The number of hydrogen-bond donors (Lipinski definition) is 2. The summed E-state index contributed by atoms with van der Waals surface area (Å²) in [6.07, 6.45) is 1.64. The van der Waals surface area contributed by atoms with Crippen LogP contribution in [-0.4, -0.2) is 50.7 Å². The molecule has 25 heavy (non-hydrogen) atoms. The van der Waals surface area contributed by atoms with Gasteiger partial charge in [-0.1, -0.05) is 23.7 Å². The third-order valence-corrected chi connectivity index (χ3v) is 3.61. The zero-order valence-electron chi connectivity index (χ0n) is 12.5. The normalized spacial score (nSPS) is 23.2. The molecule has 0 amide bonds. The molecule has 0 spiro atoms. The van der Waals surface area contributed by atoms with E-state index in [-0.39, 0.29) is 12.1 Å². The Morgan fingerprint density at radius 1 is 1.28 bits per heavy atom. The first kappa shape index (κ1) is 18.4. The minimum Gasteiger partial charge on any atom is -0.480 e. The molecule has 2 N–H and O–H groups in total. The van der Waals surface area contributed by atoms with Crippen molar-refractivity contribution >= 4 is 35.7 Å². The van der Waals surface area contributed by atoms with Gasteiger partial charge < -0.3 is 5.11 Å². The van der Waals surface area contributed by atoms with Crippen LogP contribution in [-0.2, 0) is 11.2 Å². The molecule has 12 heteroatoms. The van der Waals surface area contributed by atoms with E-state index in [9.17, 15) is 30.1 Å². The van der Waals surface area contributed by atoms with Crippen LogP contribution in [0.5, 0.6) is 0 Å². The van der Waals surface area contributed by atoms with Gasteiger partial charge in [-0.05, 0) is 12.0 Å². The maximum absolute atomic E-state index is 11.5. The second kappa shape index (κ2) is 7.32. The number of rotatable bonds is 7. The quantitative estimate of drug-likeness (QED) is 0.236. The van der Waals surface area contributed by atoms with Crippen molar-refractivity contribution in [3.8, 4) is 0 Å². The molecule has 1 aliphatic rings. The molecule has 0 bridgehead atoms. The maximum atomic E-state index is 11.5. The fourth-order valence-electron chi connectivity index (χ4n) is 2.11. The lowest BCUT2D eigenvalue weighted by molar-refractivity contribution is -0.531. The van der Waals surface area contributed by atoms with Crippen LogP contribution in [0, 0.1) is 20.2 Å². The summed E-state index contributed by atoms with van der Waals surface area (Å²) in [5.74, 6) is -1.34. The number of aliphatic carboxylic acids is 1. The van der Waals surface area contributed by atoms with Gasteiger partial charge in [-0.2, -0.15) is 0 Å². The van der Waals surface area contributed by atoms with Gasteiger partial charge in [0.1, 0.15) is 18.5 Å². The highest BCUT2D eigenvalue weighted by molar-refractivity contribution is 6.21. The number of nitro groups is 2. The molecule has 11 nitrogen and oxygen atoms in total. The average Bonchev–Trinajstić information content (AvgIpc) is 2.56. The van der Waals surface area contributed by atoms with Crippen LogP contribution in [0.2, 0.25) is 0 Å². The number of hydrogen-bond acceptors (Lipinski definition) is 8. The van der Waals surface area contributed by atoms with E-state index >= 15 is 0 Å². The van der Waals surface area contributed by atoms with E-state index < -0.39 is 33.1 Å². The number of alkyl halides is 1. The largest absolute Gasteiger partial charge is 0.480 e. The lowest BCUT2D eigenvalue weighted by atomic mass is 10.0. The summed E-state index contributed by atoms with van der Waals surface area (Å²) in [5.41, 5.74) is -2.81. The predicted molar refractivity (Wildman–Crippen MR) is 87.7 cm³/mol. The fourth-order valence-corrected chi connectivity index (χ4v) is 2.22. The summed E-state index contributed by atoms with van der Waals surface area (Å²) in [4.78, 5) is 39.4. The number of carboxylic acids is 1. The van der Waals surface area contributed by atoms with Crippen molar-refractivity contribution in [3.05, 3.63) is 50.1 Å². The topological polar surface area (TPSA) is 160 Å². The Morgan fingerprint density at radius 2 is 1.84 bits per heavy atom. The number of aliphatic imine (C=N–C) groups is 2. The van der Waals surface area contributed by atoms with Crippen LogP contribution in [0.1, 0.15) is 5.56 Å². The highest BCUT2D eigenvalue weighted by atomic mass is 35.5. The molecule has 1 unspecified atom stereocenters. The van der Waals surface area contributed by atoms with Crippen molar-refractivity contribution in [1.29, 1.82) is 0 Å². The Bertz CT molecular complexity index is 736. The van der Waals surface area contributed by atoms with Crippen molar-refractivity contribution in [1.82, 2.24) is 5.32 Å². The molecule has 0 aliphatic carbocycles. The van der Waals surface area contributed by atoms with Gasteiger partial charge in [-0.25, -0.2) is 15.3 Å². The molecule has 132 valence electrons. The minimum absolute atomic E-state index is 0.144. The van der Waals surface area contributed by atoms with E-state index in [4.69, 9.17) is 11.6 Å². The van der Waals surface area contributed by atoms with Crippen LogP contribution >= 0.6 is 11.6 Å². The third-order valence-electron chi connectivity index (χ3n) is 3.38. The number of benzene rings is 1. The van der Waals surface area contributed by atoms with Gasteiger partial charge in [0.25, 0.3) is 5.69 Å². The summed E-state index contributed by atoms with van der Waals surface area (Å²) in [5, 5.41) is 33.7. The van der Waals surface area contributed by atoms with E-state index in [2.05, 4.69) is 15.3 Å². The zero-order valence-corrected chi connectivity index (χ0v) is 13.2. The van der Waals surface area contributed by atoms with Crippen LogP contribution in [0.25, 0.3) is 0 Å². The van der Waals surface area contributed by atoms with Gasteiger partial charge >= 0.3 is 11.6 Å². The van der Waals surface area contributed by atoms with E-state index in [1.165, 1.54) is 24.3 Å². The minimum atomic E-state index is -2.10. The number of nitrogens with zero attached hydrogens (tertiary/aromatic N) is 4. The molecule has 1 heterocycles.